The molecule has 1 N–H and O–H groups in total. The first-order valence-electron chi connectivity index (χ1n) is 9.87. The van der Waals surface area contributed by atoms with E-state index < -0.39 is 11.8 Å². The molecule has 0 unspecified atom stereocenters. The van der Waals surface area contributed by atoms with Gasteiger partial charge in [0.15, 0.2) is 0 Å². The maximum Gasteiger partial charge on any atom is 0.282 e. The van der Waals surface area contributed by atoms with Crippen LogP contribution in [0.1, 0.15) is 16.7 Å². The highest BCUT2D eigenvalue weighted by Gasteiger charge is 2.41. The number of halogens is 2. The zero-order valence-electron chi connectivity index (χ0n) is 17.7. The minimum absolute atomic E-state index is 0.141. The Balaban J connectivity index is 1.90. The summed E-state index contributed by atoms with van der Waals surface area (Å²) < 4.78 is 5.41. The van der Waals surface area contributed by atoms with E-state index in [-0.39, 0.29) is 11.3 Å². The lowest BCUT2D eigenvalue weighted by Gasteiger charge is -2.16. The number of aryl methyl sites for hydroxylation is 2. The van der Waals surface area contributed by atoms with Gasteiger partial charge in [0, 0.05) is 10.0 Å². The number of nitrogens with zero attached hydrogens (tertiary/aromatic N) is 1. The van der Waals surface area contributed by atoms with Gasteiger partial charge in [0.1, 0.15) is 11.4 Å². The van der Waals surface area contributed by atoms with E-state index in [9.17, 15) is 9.59 Å². The second kappa shape index (κ2) is 8.69. The van der Waals surface area contributed by atoms with Crippen LogP contribution in [0.3, 0.4) is 0 Å². The Labute approximate surface area is 196 Å². The van der Waals surface area contributed by atoms with E-state index in [2.05, 4.69) is 5.32 Å². The normalized spacial score (nSPS) is 13.7. The fourth-order valence-electron chi connectivity index (χ4n) is 3.75. The molecule has 0 radical (unpaired) electrons. The summed E-state index contributed by atoms with van der Waals surface area (Å²) in [6.45, 7) is 3.88. The molecule has 0 spiro atoms. The number of imide groups is 1. The molecule has 0 saturated heterocycles. The standard InChI is InChI=1S/C25H20Cl2N2O3/c1-14-7-9-19(15(2)11-14)22-23(28-20-13-17(27)8-10-21(20)32-3)25(31)29(24(22)30)18-6-4-5-16(26)12-18/h4-13,28H,1-3H3. The van der Waals surface area contributed by atoms with Gasteiger partial charge in [-0.3, -0.25) is 9.59 Å². The summed E-state index contributed by atoms with van der Waals surface area (Å²) in [7, 11) is 1.52. The predicted octanol–water partition coefficient (Wildman–Crippen LogP) is 6.02. The van der Waals surface area contributed by atoms with Crippen LogP contribution in [0.2, 0.25) is 10.0 Å². The first-order chi connectivity index (χ1) is 15.3. The fourth-order valence-corrected chi connectivity index (χ4v) is 4.11. The predicted molar refractivity (Wildman–Crippen MR) is 128 cm³/mol. The Morgan fingerprint density at radius 2 is 1.62 bits per heavy atom. The monoisotopic (exact) mass is 466 g/mol. The number of carbonyl (C=O) groups excluding carboxylic acids is 2. The van der Waals surface area contributed by atoms with Gasteiger partial charge < -0.3 is 10.1 Å². The zero-order chi connectivity index (χ0) is 23.0. The molecule has 32 heavy (non-hydrogen) atoms. The van der Waals surface area contributed by atoms with Gasteiger partial charge in [-0.15, -0.1) is 0 Å². The van der Waals surface area contributed by atoms with E-state index in [1.807, 2.05) is 32.0 Å². The van der Waals surface area contributed by atoms with Crippen molar-refractivity contribution >= 4 is 52.0 Å². The number of rotatable bonds is 5. The van der Waals surface area contributed by atoms with Crippen molar-refractivity contribution in [3.8, 4) is 5.75 Å². The molecule has 0 saturated carbocycles. The minimum atomic E-state index is -0.491. The summed E-state index contributed by atoms with van der Waals surface area (Å²) in [5.74, 6) is -0.440. The molecule has 1 heterocycles. The van der Waals surface area contributed by atoms with Crippen molar-refractivity contribution in [1.82, 2.24) is 0 Å². The third kappa shape index (κ3) is 3.97. The number of anilines is 2. The third-order valence-corrected chi connectivity index (χ3v) is 5.69. The molecule has 3 aromatic carbocycles. The van der Waals surface area contributed by atoms with Crippen molar-refractivity contribution in [3.63, 3.8) is 0 Å². The van der Waals surface area contributed by atoms with E-state index in [1.165, 1.54) is 7.11 Å². The Morgan fingerprint density at radius 3 is 2.31 bits per heavy atom. The van der Waals surface area contributed by atoms with Crippen LogP contribution in [-0.2, 0) is 9.59 Å². The van der Waals surface area contributed by atoms with Crippen molar-refractivity contribution in [3.05, 3.63) is 93.1 Å². The number of carbonyl (C=O) groups is 2. The number of amides is 2. The lowest BCUT2D eigenvalue weighted by molar-refractivity contribution is -0.120. The number of hydrogen-bond donors (Lipinski definition) is 1. The van der Waals surface area contributed by atoms with Crippen LogP contribution >= 0.6 is 23.2 Å². The molecule has 4 rings (SSSR count). The van der Waals surface area contributed by atoms with Crippen molar-refractivity contribution < 1.29 is 14.3 Å². The van der Waals surface area contributed by atoms with Crippen LogP contribution in [0.25, 0.3) is 5.57 Å². The summed E-state index contributed by atoms with van der Waals surface area (Å²) in [6.07, 6.45) is 0. The van der Waals surface area contributed by atoms with E-state index in [0.717, 1.165) is 16.0 Å². The lowest BCUT2D eigenvalue weighted by atomic mass is 9.97. The summed E-state index contributed by atoms with van der Waals surface area (Å²) in [4.78, 5) is 28.3. The third-order valence-electron chi connectivity index (χ3n) is 5.22. The Morgan fingerprint density at radius 1 is 0.875 bits per heavy atom. The van der Waals surface area contributed by atoms with Gasteiger partial charge in [-0.2, -0.15) is 0 Å². The topological polar surface area (TPSA) is 58.6 Å². The lowest BCUT2D eigenvalue weighted by Crippen LogP contribution is -2.32. The van der Waals surface area contributed by atoms with Crippen molar-refractivity contribution in [1.29, 1.82) is 0 Å². The van der Waals surface area contributed by atoms with Crippen molar-refractivity contribution in [2.45, 2.75) is 13.8 Å². The quantitative estimate of drug-likeness (QED) is 0.467. The number of nitrogens with one attached hydrogen (secondary N) is 1. The van der Waals surface area contributed by atoms with Gasteiger partial charge in [-0.05, 0) is 61.4 Å². The highest BCUT2D eigenvalue weighted by molar-refractivity contribution is 6.46. The smallest absolute Gasteiger partial charge is 0.282 e. The number of benzene rings is 3. The van der Waals surface area contributed by atoms with Crippen LogP contribution in [0.5, 0.6) is 5.75 Å². The minimum Gasteiger partial charge on any atom is -0.495 e. The molecule has 0 atom stereocenters. The zero-order valence-corrected chi connectivity index (χ0v) is 19.2. The molecule has 3 aromatic rings. The largest absolute Gasteiger partial charge is 0.495 e. The molecule has 7 heteroatoms. The van der Waals surface area contributed by atoms with Crippen LogP contribution < -0.4 is 15.0 Å². The average molecular weight is 467 g/mol. The van der Waals surface area contributed by atoms with E-state index in [4.69, 9.17) is 27.9 Å². The SMILES string of the molecule is COc1ccc(Cl)cc1NC1=C(c2ccc(C)cc2C)C(=O)N(c2cccc(Cl)c2)C1=O. The second-order valence-electron chi connectivity index (χ2n) is 7.46. The first kappa shape index (κ1) is 21.9. The summed E-state index contributed by atoms with van der Waals surface area (Å²) in [5.41, 5.74) is 3.89. The highest BCUT2D eigenvalue weighted by Crippen LogP contribution is 2.38. The second-order valence-corrected chi connectivity index (χ2v) is 8.34. The molecule has 0 bridgehead atoms. The van der Waals surface area contributed by atoms with Crippen LogP contribution in [0.15, 0.2) is 66.4 Å². The average Bonchev–Trinajstić information content (AvgIpc) is 2.98. The van der Waals surface area contributed by atoms with Gasteiger partial charge in [0.25, 0.3) is 11.8 Å². The first-order valence-corrected chi connectivity index (χ1v) is 10.6. The molecule has 162 valence electrons. The van der Waals surface area contributed by atoms with E-state index >= 15 is 0 Å². The molecule has 0 aliphatic carbocycles. The number of methoxy groups -OCH3 is 1. The Hall–Kier alpha value is -3.28. The van der Waals surface area contributed by atoms with E-state index in [1.54, 1.807) is 42.5 Å². The molecular weight excluding hydrogens is 447 g/mol. The molecule has 1 aliphatic rings. The van der Waals surface area contributed by atoms with Crippen molar-refractivity contribution in [2.75, 3.05) is 17.3 Å². The van der Waals surface area contributed by atoms with E-state index in [0.29, 0.717) is 32.7 Å². The van der Waals surface area contributed by atoms with Crippen molar-refractivity contribution in [2.24, 2.45) is 0 Å². The molecule has 1 aliphatic heterocycles. The molecule has 2 amide bonds. The van der Waals surface area contributed by atoms with Crippen LogP contribution in [-0.4, -0.2) is 18.9 Å². The van der Waals surface area contributed by atoms with Gasteiger partial charge in [0.05, 0.1) is 24.1 Å². The maximum absolute atomic E-state index is 13.6. The van der Waals surface area contributed by atoms with Gasteiger partial charge in [-0.1, -0.05) is 53.0 Å². The maximum atomic E-state index is 13.6. The highest BCUT2D eigenvalue weighted by atomic mass is 35.5. The molecular formula is C25H20Cl2N2O3. The van der Waals surface area contributed by atoms with Crippen LogP contribution in [0, 0.1) is 13.8 Å². The van der Waals surface area contributed by atoms with Gasteiger partial charge >= 0.3 is 0 Å². The summed E-state index contributed by atoms with van der Waals surface area (Å²) in [6, 6.07) is 17.4. The molecule has 5 nitrogen and oxygen atoms in total. The fraction of sp³-hybridized carbons (Fsp3) is 0.120. The molecule has 0 aromatic heterocycles. The number of hydrogen-bond acceptors (Lipinski definition) is 4. The summed E-state index contributed by atoms with van der Waals surface area (Å²) in [5, 5.41) is 4.00. The Kier molecular flexibility index (Phi) is 5.96. The molecule has 0 fully saturated rings. The Bertz CT molecular complexity index is 1280. The van der Waals surface area contributed by atoms with Gasteiger partial charge in [0.2, 0.25) is 0 Å². The summed E-state index contributed by atoms with van der Waals surface area (Å²) >= 11 is 12.3. The number of ether oxygens (including phenoxy) is 1. The van der Waals surface area contributed by atoms with Gasteiger partial charge in [-0.25, -0.2) is 4.90 Å². The van der Waals surface area contributed by atoms with Crippen LogP contribution in [0.4, 0.5) is 11.4 Å².